The molecule has 1 unspecified atom stereocenters. The van der Waals surface area contributed by atoms with E-state index in [1.54, 1.807) is 18.2 Å². The maximum atomic E-state index is 12.1. The molecule has 1 aliphatic heterocycles. The van der Waals surface area contributed by atoms with Crippen LogP contribution in [0.4, 0.5) is 8.78 Å². The molecule has 1 atom stereocenters. The topological polar surface area (TPSA) is 12.5 Å². The van der Waals surface area contributed by atoms with Crippen LogP contribution in [0.25, 0.3) is 0 Å². The minimum atomic E-state index is -2.76. The van der Waals surface area contributed by atoms with Gasteiger partial charge >= 0.3 is 6.61 Å². The van der Waals surface area contributed by atoms with E-state index in [4.69, 9.17) is 0 Å². The van der Waals surface area contributed by atoms with Crippen LogP contribution in [0, 0.1) is 0 Å². The van der Waals surface area contributed by atoms with Gasteiger partial charge in [-0.1, -0.05) is 34.7 Å². The maximum Gasteiger partial charge on any atom is 0.387 e. The van der Waals surface area contributed by atoms with Gasteiger partial charge in [-0.25, -0.2) is 0 Å². The Balaban J connectivity index is 1.96. The third-order valence-electron chi connectivity index (χ3n) is 2.98. The molecule has 5 heteroatoms. The van der Waals surface area contributed by atoms with Gasteiger partial charge < -0.3 is 4.74 Å². The van der Waals surface area contributed by atoms with Crippen LogP contribution in [0.3, 0.4) is 0 Å². The molecule has 0 aromatic heterocycles. The predicted molar refractivity (Wildman–Crippen MR) is 75.4 cm³/mol. The Labute approximate surface area is 119 Å². The zero-order valence-corrected chi connectivity index (χ0v) is 12.1. The Morgan fingerprint density at radius 3 is 3.00 bits per heavy atom. The lowest BCUT2D eigenvalue weighted by molar-refractivity contribution is -0.0499. The molecule has 0 amide bonds. The van der Waals surface area contributed by atoms with Gasteiger partial charge in [0.1, 0.15) is 5.75 Å². The SMILES string of the molecule is FC(F)Oc1cccc(CN2CCCC(I)C2)c1. The number of alkyl halides is 3. The van der Waals surface area contributed by atoms with Crippen molar-refractivity contribution in [2.24, 2.45) is 0 Å². The molecule has 1 aromatic rings. The Kier molecular flexibility index (Phi) is 5.17. The standard InChI is InChI=1S/C13H16F2INO/c14-13(15)18-12-5-1-3-10(7-12)8-17-6-2-4-11(16)9-17/h1,3,5,7,11,13H,2,4,6,8-9H2. The molecule has 18 heavy (non-hydrogen) atoms. The van der Waals surface area contributed by atoms with Crippen molar-refractivity contribution < 1.29 is 13.5 Å². The summed E-state index contributed by atoms with van der Waals surface area (Å²) < 4.78 is 29.4. The van der Waals surface area contributed by atoms with Gasteiger partial charge in [-0.2, -0.15) is 8.78 Å². The fourth-order valence-corrected chi connectivity index (χ4v) is 3.22. The molecule has 0 radical (unpaired) electrons. The van der Waals surface area contributed by atoms with E-state index in [1.807, 2.05) is 6.07 Å². The lowest BCUT2D eigenvalue weighted by atomic mass is 10.1. The van der Waals surface area contributed by atoms with Crippen molar-refractivity contribution in [3.63, 3.8) is 0 Å². The van der Waals surface area contributed by atoms with Crippen LogP contribution in [-0.2, 0) is 6.54 Å². The second kappa shape index (κ2) is 6.65. The highest BCUT2D eigenvalue weighted by Crippen LogP contribution is 2.21. The van der Waals surface area contributed by atoms with E-state index in [1.165, 1.54) is 12.8 Å². The van der Waals surface area contributed by atoms with E-state index in [0.29, 0.717) is 3.92 Å². The van der Waals surface area contributed by atoms with Crippen LogP contribution < -0.4 is 4.74 Å². The van der Waals surface area contributed by atoms with Crippen molar-refractivity contribution in [1.29, 1.82) is 0 Å². The Morgan fingerprint density at radius 1 is 1.44 bits per heavy atom. The first kappa shape index (κ1) is 14.0. The van der Waals surface area contributed by atoms with E-state index in [9.17, 15) is 8.78 Å². The third-order valence-corrected chi connectivity index (χ3v) is 3.99. The molecule has 100 valence electrons. The molecule has 0 aliphatic carbocycles. The minimum Gasteiger partial charge on any atom is -0.435 e. The van der Waals surface area contributed by atoms with Crippen LogP contribution in [-0.4, -0.2) is 28.5 Å². The Morgan fingerprint density at radius 2 is 2.28 bits per heavy atom. The Bertz CT molecular complexity index is 389. The second-order valence-electron chi connectivity index (χ2n) is 4.50. The first-order valence-electron chi connectivity index (χ1n) is 6.03. The molecular formula is C13H16F2INO. The second-order valence-corrected chi connectivity index (χ2v) is 6.26. The monoisotopic (exact) mass is 367 g/mol. The van der Waals surface area contributed by atoms with Crippen molar-refractivity contribution in [1.82, 2.24) is 4.90 Å². The Hall–Kier alpha value is -0.430. The van der Waals surface area contributed by atoms with Crippen molar-refractivity contribution in [2.45, 2.75) is 29.9 Å². The van der Waals surface area contributed by atoms with Crippen molar-refractivity contribution >= 4 is 22.6 Å². The number of likely N-dealkylation sites (tertiary alicyclic amines) is 1. The highest BCUT2D eigenvalue weighted by atomic mass is 127. The fraction of sp³-hybridized carbons (Fsp3) is 0.538. The van der Waals surface area contributed by atoms with E-state index >= 15 is 0 Å². The molecule has 1 aliphatic rings. The summed E-state index contributed by atoms with van der Waals surface area (Å²) in [5.74, 6) is 0.241. The summed E-state index contributed by atoms with van der Waals surface area (Å²) in [4.78, 5) is 2.36. The normalized spacial score (nSPS) is 21.2. The van der Waals surface area contributed by atoms with Gasteiger partial charge in [0.05, 0.1) is 0 Å². The summed E-state index contributed by atoms with van der Waals surface area (Å²) in [6.07, 6.45) is 2.48. The number of hydrogen-bond acceptors (Lipinski definition) is 2. The lowest BCUT2D eigenvalue weighted by Gasteiger charge is -2.30. The van der Waals surface area contributed by atoms with Gasteiger partial charge in [0.2, 0.25) is 0 Å². The molecule has 2 nitrogen and oxygen atoms in total. The number of nitrogens with zero attached hydrogens (tertiary/aromatic N) is 1. The first-order chi connectivity index (χ1) is 8.63. The van der Waals surface area contributed by atoms with Gasteiger partial charge in [-0.05, 0) is 37.1 Å². The molecule has 0 spiro atoms. The number of ether oxygens (including phenoxy) is 1. The van der Waals surface area contributed by atoms with Crippen LogP contribution >= 0.6 is 22.6 Å². The number of hydrogen-bond donors (Lipinski definition) is 0. The first-order valence-corrected chi connectivity index (χ1v) is 7.28. The lowest BCUT2D eigenvalue weighted by Crippen LogP contribution is -2.35. The van der Waals surface area contributed by atoms with Crippen molar-refractivity contribution in [2.75, 3.05) is 13.1 Å². The average Bonchev–Trinajstić information content (AvgIpc) is 2.28. The molecule has 1 aromatic carbocycles. The summed E-state index contributed by atoms with van der Waals surface area (Å²) in [7, 11) is 0. The van der Waals surface area contributed by atoms with E-state index in [2.05, 4.69) is 32.2 Å². The number of halogens is 3. The van der Waals surface area contributed by atoms with Gasteiger partial charge in [0.25, 0.3) is 0 Å². The summed E-state index contributed by atoms with van der Waals surface area (Å²) in [6.45, 7) is 0.203. The zero-order chi connectivity index (χ0) is 13.0. The minimum absolute atomic E-state index is 0.241. The number of piperidine rings is 1. The molecule has 0 saturated carbocycles. The van der Waals surface area contributed by atoms with E-state index < -0.39 is 6.61 Å². The highest BCUT2D eigenvalue weighted by molar-refractivity contribution is 14.1. The predicted octanol–water partition coefficient (Wildman–Crippen LogP) is 3.69. The van der Waals surface area contributed by atoms with Crippen molar-refractivity contribution in [3.05, 3.63) is 29.8 Å². The van der Waals surface area contributed by atoms with Gasteiger partial charge in [-0.3, -0.25) is 4.90 Å². The largest absolute Gasteiger partial charge is 0.435 e. The van der Waals surface area contributed by atoms with E-state index in [-0.39, 0.29) is 5.75 Å². The summed E-state index contributed by atoms with van der Waals surface area (Å²) in [5, 5.41) is 0. The van der Waals surface area contributed by atoms with Gasteiger partial charge in [0.15, 0.2) is 0 Å². The molecule has 0 bridgehead atoms. The zero-order valence-electron chi connectivity index (χ0n) is 9.99. The van der Waals surface area contributed by atoms with Crippen LogP contribution in [0.1, 0.15) is 18.4 Å². The number of rotatable bonds is 4. The molecule has 1 heterocycles. The fourth-order valence-electron chi connectivity index (χ4n) is 2.22. The molecule has 1 fully saturated rings. The molecule has 2 rings (SSSR count). The third kappa shape index (κ3) is 4.35. The molecule has 0 N–H and O–H groups in total. The number of benzene rings is 1. The quantitative estimate of drug-likeness (QED) is 0.595. The summed E-state index contributed by atoms with van der Waals surface area (Å²) in [5.41, 5.74) is 1.03. The maximum absolute atomic E-state index is 12.1. The molecular weight excluding hydrogens is 351 g/mol. The van der Waals surface area contributed by atoms with Crippen LogP contribution in [0.5, 0.6) is 5.75 Å². The summed E-state index contributed by atoms with van der Waals surface area (Å²) in [6, 6.07) is 6.98. The van der Waals surface area contributed by atoms with Gasteiger partial charge in [-0.15, -0.1) is 0 Å². The average molecular weight is 367 g/mol. The van der Waals surface area contributed by atoms with Crippen LogP contribution in [0.2, 0.25) is 0 Å². The van der Waals surface area contributed by atoms with Crippen LogP contribution in [0.15, 0.2) is 24.3 Å². The smallest absolute Gasteiger partial charge is 0.387 e. The highest BCUT2D eigenvalue weighted by Gasteiger charge is 2.17. The van der Waals surface area contributed by atoms with Gasteiger partial charge in [0, 0.05) is 17.0 Å². The summed E-state index contributed by atoms with van der Waals surface area (Å²) >= 11 is 2.47. The molecule has 1 saturated heterocycles. The van der Waals surface area contributed by atoms with E-state index in [0.717, 1.165) is 25.2 Å². The van der Waals surface area contributed by atoms with Crippen molar-refractivity contribution in [3.8, 4) is 5.75 Å².